The van der Waals surface area contributed by atoms with E-state index in [1.807, 2.05) is 0 Å². The number of hydrogen-bond acceptors (Lipinski definition) is 5. The fourth-order valence-electron chi connectivity index (χ4n) is 3.04. The molecule has 1 amide bonds. The SMILES string of the molecule is Cl.NCCCCNCC(=O)Nc1cccc2c1C(=O)c1ccccc1C2=O. The number of nitrogens with one attached hydrogen (secondary N) is 2. The fraction of sp³-hybridized carbons (Fsp3) is 0.250. The lowest BCUT2D eigenvalue weighted by Crippen LogP contribution is -2.30. The maximum Gasteiger partial charge on any atom is 0.238 e. The molecule has 0 unspecified atom stereocenters. The molecule has 142 valence electrons. The van der Waals surface area contributed by atoms with Crippen LogP contribution in [0.15, 0.2) is 42.5 Å². The summed E-state index contributed by atoms with van der Waals surface area (Å²) in [7, 11) is 0. The van der Waals surface area contributed by atoms with Gasteiger partial charge in [-0.05, 0) is 32.0 Å². The van der Waals surface area contributed by atoms with E-state index in [2.05, 4.69) is 10.6 Å². The molecule has 0 saturated carbocycles. The molecule has 7 heteroatoms. The van der Waals surface area contributed by atoms with Crippen molar-refractivity contribution < 1.29 is 14.4 Å². The smallest absolute Gasteiger partial charge is 0.238 e. The van der Waals surface area contributed by atoms with Crippen LogP contribution in [-0.4, -0.2) is 37.1 Å². The summed E-state index contributed by atoms with van der Waals surface area (Å²) in [4.78, 5) is 37.7. The van der Waals surface area contributed by atoms with Gasteiger partial charge in [-0.3, -0.25) is 14.4 Å². The molecule has 0 spiro atoms. The van der Waals surface area contributed by atoms with Crippen LogP contribution >= 0.6 is 12.4 Å². The van der Waals surface area contributed by atoms with Crippen molar-refractivity contribution in [2.45, 2.75) is 12.8 Å². The zero-order valence-corrected chi connectivity index (χ0v) is 15.6. The van der Waals surface area contributed by atoms with E-state index in [-0.39, 0.29) is 42.0 Å². The van der Waals surface area contributed by atoms with Crippen LogP contribution in [0.3, 0.4) is 0 Å². The Morgan fingerprint density at radius 3 is 2.26 bits per heavy atom. The highest BCUT2D eigenvalue weighted by Crippen LogP contribution is 2.31. The Morgan fingerprint density at radius 1 is 0.889 bits per heavy atom. The van der Waals surface area contributed by atoms with E-state index < -0.39 is 0 Å². The fourth-order valence-corrected chi connectivity index (χ4v) is 3.04. The average molecular weight is 388 g/mol. The summed E-state index contributed by atoms with van der Waals surface area (Å²) in [5.41, 5.74) is 7.14. The molecular formula is C20H22ClN3O3. The van der Waals surface area contributed by atoms with E-state index >= 15 is 0 Å². The standard InChI is InChI=1S/C20H21N3O3.ClH/c21-10-3-4-11-22-12-17(24)23-16-9-5-8-15-18(16)20(26)14-7-2-1-6-13(14)19(15)25;/h1-2,5-9,22H,3-4,10-12,21H2,(H,23,24);1H. The number of fused-ring (bicyclic) bond motifs is 2. The minimum absolute atomic E-state index is 0. The van der Waals surface area contributed by atoms with Crippen molar-refractivity contribution in [3.05, 3.63) is 64.7 Å². The topological polar surface area (TPSA) is 101 Å². The monoisotopic (exact) mass is 387 g/mol. The number of ketones is 2. The summed E-state index contributed by atoms with van der Waals surface area (Å²) in [5, 5.41) is 5.78. The Bertz CT molecular complexity index is 867. The van der Waals surface area contributed by atoms with Gasteiger partial charge in [0.2, 0.25) is 5.91 Å². The van der Waals surface area contributed by atoms with Gasteiger partial charge < -0.3 is 16.4 Å². The first-order valence-electron chi connectivity index (χ1n) is 8.65. The van der Waals surface area contributed by atoms with E-state index in [0.29, 0.717) is 35.5 Å². The number of carbonyl (C=O) groups is 3. The molecule has 0 aromatic heterocycles. The number of nitrogens with two attached hydrogens (primary N) is 1. The molecule has 0 radical (unpaired) electrons. The van der Waals surface area contributed by atoms with Crippen LogP contribution < -0.4 is 16.4 Å². The second-order valence-electron chi connectivity index (χ2n) is 6.15. The van der Waals surface area contributed by atoms with Crippen molar-refractivity contribution in [1.29, 1.82) is 0 Å². The molecule has 6 nitrogen and oxygen atoms in total. The molecule has 0 atom stereocenters. The Labute approximate surface area is 163 Å². The van der Waals surface area contributed by atoms with Crippen LogP contribution in [-0.2, 0) is 4.79 Å². The minimum Gasteiger partial charge on any atom is -0.330 e. The summed E-state index contributed by atoms with van der Waals surface area (Å²) in [6, 6.07) is 11.7. The third-order valence-corrected chi connectivity index (χ3v) is 4.32. The van der Waals surface area contributed by atoms with Crippen LogP contribution in [0.5, 0.6) is 0 Å². The maximum atomic E-state index is 12.9. The molecule has 2 aromatic rings. The number of hydrogen-bond donors (Lipinski definition) is 3. The van der Waals surface area contributed by atoms with Gasteiger partial charge >= 0.3 is 0 Å². The first-order chi connectivity index (χ1) is 12.6. The molecule has 3 rings (SSSR count). The Balaban J connectivity index is 0.00000261. The molecular weight excluding hydrogens is 366 g/mol. The quantitative estimate of drug-likeness (QED) is 0.539. The first-order valence-corrected chi connectivity index (χ1v) is 8.65. The normalized spacial score (nSPS) is 12.0. The van der Waals surface area contributed by atoms with Crippen LogP contribution in [0.1, 0.15) is 44.7 Å². The Kier molecular flexibility index (Phi) is 7.24. The van der Waals surface area contributed by atoms with Crippen molar-refractivity contribution in [3.8, 4) is 0 Å². The number of carbonyl (C=O) groups excluding carboxylic acids is 3. The Morgan fingerprint density at radius 2 is 1.56 bits per heavy atom. The predicted molar refractivity (Wildman–Crippen MR) is 107 cm³/mol. The third-order valence-electron chi connectivity index (χ3n) is 4.32. The van der Waals surface area contributed by atoms with E-state index in [1.54, 1.807) is 42.5 Å². The summed E-state index contributed by atoms with van der Waals surface area (Å²) in [6.45, 7) is 1.46. The number of unbranched alkanes of at least 4 members (excludes halogenated alkanes) is 1. The molecule has 1 aliphatic rings. The zero-order chi connectivity index (χ0) is 18.5. The van der Waals surface area contributed by atoms with Gasteiger partial charge in [0.25, 0.3) is 0 Å². The summed E-state index contributed by atoms with van der Waals surface area (Å²) in [5.74, 6) is -0.710. The number of benzene rings is 2. The largest absolute Gasteiger partial charge is 0.330 e. The number of rotatable bonds is 7. The number of amides is 1. The van der Waals surface area contributed by atoms with Gasteiger partial charge in [0.1, 0.15) is 0 Å². The third kappa shape index (κ3) is 4.42. The van der Waals surface area contributed by atoms with E-state index in [4.69, 9.17) is 5.73 Å². The Hall–Kier alpha value is -2.54. The predicted octanol–water partition coefficient (Wildman–Crippen LogP) is 2.15. The highest BCUT2D eigenvalue weighted by Gasteiger charge is 2.31. The lowest BCUT2D eigenvalue weighted by molar-refractivity contribution is -0.115. The lowest BCUT2D eigenvalue weighted by atomic mass is 9.83. The molecule has 0 saturated heterocycles. The summed E-state index contributed by atoms with van der Waals surface area (Å²) >= 11 is 0. The van der Waals surface area contributed by atoms with Crippen LogP contribution in [0.2, 0.25) is 0 Å². The lowest BCUT2D eigenvalue weighted by Gasteiger charge is -2.20. The summed E-state index contributed by atoms with van der Waals surface area (Å²) < 4.78 is 0. The van der Waals surface area contributed by atoms with Crippen molar-refractivity contribution in [1.82, 2.24) is 5.32 Å². The van der Waals surface area contributed by atoms with Crippen molar-refractivity contribution in [2.24, 2.45) is 5.73 Å². The number of anilines is 1. The number of halogens is 1. The molecule has 0 bridgehead atoms. The molecule has 0 fully saturated rings. The van der Waals surface area contributed by atoms with Crippen molar-refractivity contribution in [3.63, 3.8) is 0 Å². The van der Waals surface area contributed by atoms with E-state index in [9.17, 15) is 14.4 Å². The molecule has 0 aliphatic heterocycles. The first kappa shape index (κ1) is 20.8. The summed E-state index contributed by atoms with van der Waals surface area (Å²) in [6.07, 6.45) is 1.80. The molecule has 2 aromatic carbocycles. The zero-order valence-electron chi connectivity index (χ0n) is 14.8. The van der Waals surface area contributed by atoms with Gasteiger partial charge in [0, 0.05) is 16.7 Å². The van der Waals surface area contributed by atoms with Crippen molar-refractivity contribution >= 4 is 35.6 Å². The van der Waals surface area contributed by atoms with Crippen LogP contribution in [0.25, 0.3) is 0 Å². The molecule has 0 heterocycles. The molecule has 4 N–H and O–H groups in total. The highest BCUT2D eigenvalue weighted by molar-refractivity contribution is 6.30. The average Bonchev–Trinajstić information content (AvgIpc) is 2.66. The van der Waals surface area contributed by atoms with E-state index in [0.717, 1.165) is 12.8 Å². The van der Waals surface area contributed by atoms with Crippen LogP contribution in [0, 0.1) is 0 Å². The van der Waals surface area contributed by atoms with E-state index in [1.165, 1.54) is 0 Å². The van der Waals surface area contributed by atoms with Crippen LogP contribution in [0.4, 0.5) is 5.69 Å². The highest BCUT2D eigenvalue weighted by atomic mass is 35.5. The molecule has 27 heavy (non-hydrogen) atoms. The van der Waals surface area contributed by atoms with Gasteiger partial charge in [-0.1, -0.05) is 36.4 Å². The van der Waals surface area contributed by atoms with Gasteiger partial charge in [-0.15, -0.1) is 12.4 Å². The van der Waals surface area contributed by atoms with Gasteiger partial charge in [-0.25, -0.2) is 0 Å². The minimum atomic E-state index is -0.259. The second kappa shape index (κ2) is 9.41. The van der Waals surface area contributed by atoms with Gasteiger partial charge in [-0.2, -0.15) is 0 Å². The molecule has 1 aliphatic carbocycles. The van der Waals surface area contributed by atoms with Crippen molar-refractivity contribution in [2.75, 3.05) is 25.0 Å². The van der Waals surface area contributed by atoms with Gasteiger partial charge in [0.15, 0.2) is 11.6 Å². The second-order valence-corrected chi connectivity index (χ2v) is 6.15. The van der Waals surface area contributed by atoms with Gasteiger partial charge in [0.05, 0.1) is 17.8 Å². The maximum absolute atomic E-state index is 12.9.